The number of halogens is 1. The van der Waals surface area contributed by atoms with Gasteiger partial charge in [-0.2, -0.15) is 0 Å². The number of anilines is 1. The maximum atomic E-state index is 13.7. The summed E-state index contributed by atoms with van der Waals surface area (Å²) in [4.78, 5) is 11.9. The number of amides is 1. The van der Waals surface area contributed by atoms with Gasteiger partial charge in [0.15, 0.2) is 11.6 Å². The van der Waals surface area contributed by atoms with Gasteiger partial charge in [0.2, 0.25) is 5.91 Å². The Morgan fingerprint density at radius 2 is 2.10 bits per heavy atom. The van der Waals surface area contributed by atoms with Crippen LogP contribution in [0.5, 0.6) is 5.75 Å². The molecule has 0 saturated heterocycles. The van der Waals surface area contributed by atoms with E-state index in [1.807, 2.05) is 0 Å². The van der Waals surface area contributed by atoms with Gasteiger partial charge < -0.3 is 15.8 Å². The standard InChI is InChI=1S/C16H25FN2O2/c1-4-21-14-6-5-12(11-13(14)17)19-15(20)7-8-16(2,3)9-10-18/h5-6,11H,4,7-10,18H2,1-3H3,(H,19,20). The highest BCUT2D eigenvalue weighted by atomic mass is 19.1. The van der Waals surface area contributed by atoms with Gasteiger partial charge in [0, 0.05) is 18.2 Å². The van der Waals surface area contributed by atoms with Gasteiger partial charge in [0.05, 0.1) is 6.61 Å². The van der Waals surface area contributed by atoms with E-state index >= 15 is 0 Å². The molecule has 118 valence electrons. The van der Waals surface area contributed by atoms with Crippen LogP contribution in [0.25, 0.3) is 0 Å². The average molecular weight is 296 g/mol. The van der Waals surface area contributed by atoms with Crippen LogP contribution in [0.2, 0.25) is 0 Å². The van der Waals surface area contributed by atoms with Crippen molar-refractivity contribution in [2.45, 2.75) is 40.0 Å². The summed E-state index contributed by atoms with van der Waals surface area (Å²) in [6.45, 7) is 6.98. The predicted octanol–water partition coefficient (Wildman–Crippen LogP) is 3.32. The van der Waals surface area contributed by atoms with Crippen molar-refractivity contribution in [2.24, 2.45) is 11.1 Å². The fourth-order valence-corrected chi connectivity index (χ4v) is 2.04. The molecule has 0 fully saturated rings. The number of hydrogen-bond donors (Lipinski definition) is 2. The first-order chi connectivity index (χ1) is 9.88. The Kier molecular flexibility index (Phi) is 6.62. The van der Waals surface area contributed by atoms with Crippen molar-refractivity contribution in [3.63, 3.8) is 0 Å². The summed E-state index contributed by atoms with van der Waals surface area (Å²) in [6.07, 6.45) is 2.01. The number of rotatable bonds is 8. The number of ether oxygens (including phenoxy) is 1. The zero-order valence-electron chi connectivity index (χ0n) is 13.0. The van der Waals surface area contributed by atoms with E-state index in [0.717, 1.165) is 12.8 Å². The summed E-state index contributed by atoms with van der Waals surface area (Å²) in [6, 6.07) is 4.43. The summed E-state index contributed by atoms with van der Waals surface area (Å²) in [5.41, 5.74) is 6.03. The average Bonchev–Trinajstić information content (AvgIpc) is 2.40. The molecule has 1 aromatic rings. The summed E-state index contributed by atoms with van der Waals surface area (Å²) in [5, 5.41) is 2.70. The maximum Gasteiger partial charge on any atom is 0.224 e. The maximum absolute atomic E-state index is 13.7. The lowest BCUT2D eigenvalue weighted by molar-refractivity contribution is -0.116. The van der Waals surface area contributed by atoms with E-state index in [9.17, 15) is 9.18 Å². The Morgan fingerprint density at radius 1 is 1.38 bits per heavy atom. The lowest BCUT2D eigenvalue weighted by atomic mass is 9.84. The second-order valence-corrected chi connectivity index (χ2v) is 5.83. The van der Waals surface area contributed by atoms with Crippen LogP contribution in [0, 0.1) is 11.2 Å². The zero-order chi connectivity index (χ0) is 15.9. The van der Waals surface area contributed by atoms with Gasteiger partial charge in [-0.3, -0.25) is 4.79 Å². The molecule has 4 nitrogen and oxygen atoms in total. The van der Waals surface area contributed by atoms with Crippen LogP contribution in [0.4, 0.5) is 10.1 Å². The van der Waals surface area contributed by atoms with E-state index in [4.69, 9.17) is 10.5 Å². The Hall–Kier alpha value is -1.62. The number of carbonyl (C=O) groups excluding carboxylic acids is 1. The number of carbonyl (C=O) groups is 1. The molecule has 5 heteroatoms. The fourth-order valence-electron chi connectivity index (χ4n) is 2.04. The molecule has 0 unspecified atom stereocenters. The van der Waals surface area contributed by atoms with Gasteiger partial charge >= 0.3 is 0 Å². The summed E-state index contributed by atoms with van der Waals surface area (Å²) >= 11 is 0. The molecule has 0 aromatic heterocycles. The Labute approximate surface area is 125 Å². The third kappa shape index (κ3) is 6.12. The third-order valence-electron chi connectivity index (χ3n) is 3.37. The highest BCUT2D eigenvalue weighted by Crippen LogP contribution is 2.26. The molecule has 0 bridgehead atoms. The fraction of sp³-hybridized carbons (Fsp3) is 0.562. The zero-order valence-corrected chi connectivity index (χ0v) is 13.0. The summed E-state index contributed by atoms with van der Waals surface area (Å²) < 4.78 is 18.8. The molecule has 1 aromatic carbocycles. The molecule has 1 rings (SSSR count). The minimum Gasteiger partial charge on any atom is -0.491 e. The molecule has 0 heterocycles. The van der Waals surface area contributed by atoms with Gasteiger partial charge in [0.25, 0.3) is 0 Å². The van der Waals surface area contributed by atoms with Crippen molar-refractivity contribution in [1.82, 2.24) is 0 Å². The van der Waals surface area contributed by atoms with Gasteiger partial charge in [-0.1, -0.05) is 13.8 Å². The van der Waals surface area contributed by atoms with Crippen molar-refractivity contribution in [1.29, 1.82) is 0 Å². The molecule has 0 atom stereocenters. The smallest absolute Gasteiger partial charge is 0.224 e. The topological polar surface area (TPSA) is 64.3 Å². The molecular formula is C16H25FN2O2. The van der Waals surface area contributed by atoms with E-state index in [1.54, 1.807) is 13.0 Å². The van der Waals surface area contributed by atoms with Crippen LogP contribution < -0.4 is 15.8 Å². The third-order valence-corrected chi connectivity index (χ3v) is 3.37. The lowest BCUT2D eigenvalue weighted by Crippen LogP contribution is -2.20. The second kappa shape index (κ2) is 7.98. The highest BCUT2D eigenvalue weighted by Gasteiger charge is 2.18. The van der Waals surface area contributed by atoms with Crippen molar-refractivity contribution >= 4 is 11.6 Å². The van der Waals surface area contributed by atoms with Gasteiger partial charge in [0.1, 0.15) is 0 Å². The van der Waals surface area contributed by atoms with Gasteiger partial charge in [-0.15, -0.1) is 0 Å². The van der Waals surface area contributed by atoms with Crippen molar-refractivity contribution in [3.8, 4) is 5.75 Å². The molecular weight excluding hydrogens is 271 g/mol. The van der Waals surface area contributed by atoms with Crippen LogP contribution in [0.15, 0.2) is 18.2 Å². The molecule has 3 N–H and O–H groups in total. The number of nitrogens with two attached hydrogens (primary N) is 1. The van der Waals surface area contributed by atoms with E-state index in [0.29, 0.717) is 25.3 Å². The van der Waals surface area contributed by atoms with Gasteiger partial charge in [-0.05, 0) is 43.9 Å². The van der Waals surface area contributed by atoms with Gasteiger partial charge in [-0.25, -0.2) is 4.39 Å². The van der Waals surface area contributed by atoms with Crippen molar-refractivity contribution < 1.29 is 13.9 Å². The molecule has 0 spiro atoms. The van der Waals surface area contributed by atoms with E-state index in [-0.39, 0.29) is 17.1 Å². The number of nitrogens with one attached hydrogen (secondary N) is 1. The Balaban J connectivity index is 2.53. The Morgan fingerprint density at radius 3 is 2.67 bits per heavy atom. The first kappa shape index (κ1) is 17.4. The van der Waals surface area contributed by atoms with Crippen LogP contribution in [-0.4, -0.2) is 19.1 Å². The molecule has 1 amide bonds. The molecule has 0 aliphatic rings. The van der Waals surface area contributed by atoms with Crippen molar-refractivity contribution in [3.05, 3.63) is 24.0 Å². The summed E-state index contributed by atoms with van der Waals surface area (Å²) in [5.74, 6) is -0.402. The van der Waals surface area contributed by atoms with Crippen molar-refractivity contribution in [2.75, 3.05) is 18.5 Å². The minimum absolute atomic E-state index is 0.0379. The van der Waals surface area contributed by atoms with E-state index < -0.39 is 5.82 Å². The molecule has 0 radical (unpaired) electrons. The first-order valence-electron chi connectivity index (χ1n) is 7.30. The van der Waals surface area contributed by atoms with Crippen LogP contribution in [0.3, 0.4) is 0 Å². The quantitative estimate of drug-likeness (QED) is 0.773. The lowest BCUT2D eigenvalue weighted by Gasteiger charge is -2.23. The normalized spacial score (nSPS) is 11.3. The number of hydrogen-bond acceptors (Lipinski definition) is 3. The summed E-state index contributed by atoms with van der Waals surface area (Å²) in [7, 11) is 0. The monoisotopic (exact) mass is 296 g/mol. The van der Waals surface area contributed by atoms with Crippen LogP contribution in [-0.2, 0) is 4.79 Å². The number of benzene rings is 1. The largest absolute Gasteiger partial charge is 0.491 e. The SMILES string of the molecule is CCOc1ccc(NC(=O)CCC(C)(C)CCN)cc1F. The van der Waals surface area contributed by atoms with Crippen LogP contribution >= 0.6 is 0 Å². The molecule has 0 saturated carbocycles. The second-order valence-electron chi connectivity index (χ2n) is 5.83. The minimum atomic E-state index is -0.474. The molecule has 0 aliphatic carbocycles. The predicted molar refractivity (Wildman–Crippen MR) is 82.9 cm³/mol. The highest BCUT2D eigenvalue weighted by molar-refractivity contribution is 5.90. The first-order valence-corrected chi connectivity index (χ1v) is 7.30. The van der Waals surface area contributed by atoms with Crippen LogP contribution in [0.1, 0.15) is 40.0 Å². The van der Waals surface area contributed by atoms with E-state index in [2.05, 4.69) is 19.2 Å². The molecule has 0 aliphatic heterocycles. The Bertz CT molecular complexity index is 475. The molecule has 21 heavy (non-hydrogen) atoms. The van der Waals surface area contributed by atoms with E-state index in [1.165, 1.54) is 12.1 Å².